The summed E-state index contributed by atoms with van der Waals surface area (Å²) in [5.41, 5.74) is 3.02. The lowest BCUT2D eigenvalue weighted by Crippen LogP contribution is -2.48. The lowest BCUT2D eigenvalue weighted by molar-refractivity contribution is -0.00518. The number of hydrogen-bond acceptors (Lipinski definition) is 4. The van der Waals surface area contributed by atoms with Crippen LogP contribution in [0.5, 0.6) is 0 Å². The fraction of sp³-hybridized carbons (Fsp3) is 0.560. The van der Waals surface area contributed by atoms with Gasteiger partial charge in [-0.25, -0.2) is 0 Å². The van der Waals surface area contributed by atoms with Gasteiger partial charge in [0.1, 0.15) is 5.76 Å². The number of ether oxygens (including phenoxy) is 1. The van der Waals surface area contributed by atoms with Crippen LogP contribution in [0.3, 0.4) is 0 Å². The van der Waals surface area contributed by atoms with Crippen molar-refractivity contribution in [2.45, 2.75) is 43.9 Å². The normalized spacial score (nSPS) is 33.7. The molecule has 0 N–H and O–H groups in total. The average Bonchev–Trinajstić information content (AvgIpc) is 3.21. The first-order valence-electron chi connectivity index (χ1n) is 11.3. The molecule has 4 bridgehead atoms. The molecule has 1 aromatic carbocycles. The van der Waals surface area contributed by atoms with Crippen molar-refractivity contribution >= 4 is 17.8 Å². The number of rotatable bonds is 4. The molecule has 0 unspecified atom stereocenters. The Kier molecular flexibility index (Phi) is 4.30. The van der Waals surface area contributed by atoms with E-state index in [2.05, 4.69) is 34.2 Å². The molecule has 1 saturated heterocycles. The standard InChI is InChI=1S/C25H30N2O2/c1-3-22(26-17-23-5-6-24(29-23)27-7-9-28-10-8-27)4-2-21(1)25-14-18-11-19(15-25)13-20(12-18)16-25/h1-6,17-20H,7-16H2. The van der Waals surface area contributed by atoms with Gasteiger partial charge in [-0.2, -0.15) is 0 Å². The fourth-order valence-electron chi connectivity index (χ4n) is 6.87. The summed E-state index contributed by atoms with van der Waals surface area (Å²) in [6.07, 6.45) is 10.6. The van der Waals surface area contributed by atoms with Gasteiger partial charge in [0, 0.05) is 19.2 Å². The van der Waals surface area contributed by atoms with Crippen LogP contribution in [0.25, 0.3) is 0 Å². The van der Waals surface area contributed by atoms with Crippen LogP contribution >= 0.6 is 0 Å². The Bertz CT molecular complexity index is 857. The summed E-state index contributed by atoms with van der Waals surface area (Å²) < 4.78 is 11.4. The largest absolute Gasteiger partial charge is 0.440 e. The van der Waals surface area contributed by atoms with Gasteiger partial charge in [-0.3, -0.25) is 4.99 Å². The molecule has 1 aromatic heterocycles. The van der Waals surface area contributed by atoms with Crippen LogP contribution in [-0.2, 0) is 10.2 Å². The molecule has 4 nitrogen and oxygen atoms in total. The Hall–Kier alpha value is -2.07. The molecule has 2 heterocycles. The van der Waals surface area contributed by atoms with Crippen LogP contribution in [0.4, 0.5) is 11.6 Å². The molecule has 5 aliphatic rings. The highest BCUT2D eigenvalue weighted by Crippen LogP contribution is 2.60. The highest BCUT2D eigenvalue weighted by atomic mass is 16.5. The maximum atomic E-state index is 5.95. The predicted molar refractivity (Wildman–Crippen MR) is 115 cm³/mol. The lowest BCUT2D eigenvalue weighted by Gasteiger charge is -2.57. The molecule has 0 radical (unpaired) electrons. The molecule has 4 heteroatoms. The maximum absolute atomic E-state index is 5.95. The van der Waals surface area contributed by atoms with E-state index in [1.54, 1.807) is 5.56 Å². The topological polar surface area (TPSA) is 38.0 Å². The van der Waals surface area contributed by atoms with E-state index in [1.165, 1.54) is 38.5 Å². The van der Waals surface area contributed by atoms with Gasteiger partial charge in [0.05, 0.1) is 25.1 Å². The minimum atomic E-state index is 0.463. The summed E-state index contributed by atoms with van der Waals surface area (Å²) in [4.78, 5) is 6.88. The van der Waals surface area contributed by atoms with E-state index < -0.39 is 0 Å². The molecule has 2 aromatic rings. The molecule has 0 spiro atoms. The lowest BCUT2D eigenvalue weighted by atomic mass is 9.48. The summed E-state index contributed by atoms with van der Waals surface area (Å²) in [6.45, 7) is 3.30. The summed E-state index contributed by atoms with van der Waals surface area (Å²) in [5, 5.41) is 0. The number of hydrogen-bond donors (Lipinski definition) is 0. The first kappa shape index (κ1) is 17.8. The molecule has 5 fully saturated rings. The second-order valence-electron chi connectivity index (χ2n) is 9.78. The van der Waals surface area contributed by atoms with Crippen molar-refractivity contribution in [1.82, 2.24) is 0 Å². The average molecular weight is 391 g/mol. The number of nitrogens with zero attached hydrogens (tertiary/aromatic N) is 2. The highest BCUT2D eigenvalue weighted by molar-refractivity contribution is 5.79. The molecule has 7 rings (SSSR count). The van der Waals surface area contributed by atoms with Gasteiger partial charge < -0.3 is 14.1 Å². The van der Waals surface area contributed by atoms with Crippen molar-refractivity contribution in [2.75, 3.05) is 31.2 Å². The minimum absolute atomic E-state index is 0.463. The van der Waals surface area contributed by atoms with Gasteiger partial charge in [-0.05, 0) is 85.5 Å². The van der Waals surface area contributed by atoms with Crippen LogP contribution in [0.15, 0.2) is 45.8 Å². The molecule has 4 saturated carbocycles. The Morgan fingerprint density at radius 3 is 2.17 bits per heavy atom. The van der Waals surface area contributed by atoms with E-state index in [9.17, 15) is 0 Å². The first-order chi connectivity index (χ1) is 14.3. The molecule has 4 aliphatic carbocycles. The van der Waals surface area contributed by atoms with E-state index in [-0.39, 0.29) is 0 Å². The van der Waals surface area contributed by atoms with E-state index in [4.69, 9.17) is 9.15 Å². The second-order valence-corrected chi connectivity index (χ2v) is 9.78. The van der Waals surface area contributed by atoms with Gasteiger partial charge in [0.2, 0.25) is 0 Å². The van der Waals surface area contributed by atoms with Crippen molar-refractivity contribution in [3.05, 3.63) is 47.7 Å². The summed E-state index contributed by atoms with van der Waals surface area (Å²) >= 11 is 0. The third-order valence-corrected chi connectivity index (χ3v) is 7.79. The molecule has 29 heavy (non-hydrogen) atoms. The summed E-state index contributed by atoms with van der Waals surface area (Å²) in [6, 6.07) is 13.1. The van der Waals surface area contributed by atoms with Crippen molar-refractivity contribution < 1.29 is 9.15 Å². The third kappa shape index (κ3) is 3.31. The molecule has 0 amide bonds. The monoisotopic (exact) mass is 390 g/mol. The van der Waals surface area contributed by atoms with Gasteiger partial charge in [0.15, 0.2) is 5.88 Å². The van der Waals surface area contributed by atoms with Crippen molar-refractivity contribution in [3.63, 3.8) is 0 Å². The smallest absolute Gasteiger partial charge is 0.196 e. The molecule has 0 atom stereocenters. The Morgan fingerprint density at radius 2 is 1.52 bits per heavy atom. The van der Waals surface area contributed by atoms with Crippen molar-refractivity contribution in [3.8, 4) is 0 Å². The quantitative estimate of drug-likeness (QED) is 0.662. The van der Waals surface area contributed by atoms with E-state index in [0.717, 1.165) is 61.4 Å². The number of furan rings is 1. The van der Waals surface area contributed by atoms with Crippen LogP contribution in [0.1, 0.15) is 49.8 Å². The summed E-state index contributed by atoms with van der Waals surface area (Å²) in [5.74, 6) is 4.67. The van der Waals surface area contributed by atoms with E-state index in [0.29, 0.717) is 5.41 Å². The van der Waals surface area contributed by atoms with Crippen LogP contribution in [0.2, 0.25) is 0 Å². The van der Waals surface area contributed by atoms with Crippen molar-refractivity contribution in [2.24, 2.45) is 22.7 Å². The number of benzene rings is 1. The zero-order valence-corrected chi connectivity index (χ0v) is 17.1. The van der Waals surface area contributed by atoms with Crippen LogP contribution in [0, 0.1) is 17.8 Å². The Labute approximate surface area is 173 Å². The Morgan fingerprint density at radius 1 is 0.862 bits per heavy atom. The maximum Gasteiger partial charge on any atom is 0.196 e. The number of aliphatic imine (C=N–C) groups is 1. The SMILES string of the molecule is C(=Nc1ccc(C23CC4CC(CC(C4)C2)C3)cc1)c1ccc(N2CCOCC2)o1. The van der Waals surface area contributed by atoms with E-state index in [1.807, 2.05) is 18.3 Å². The number of anilines is 1. The molecular formula is C25H30N2O2. The van der Waals surface area contributed by atoms with Gasteiger partial charge in [0.25, 0.3) is 0 Å². The fourth-order valence-corrected chi connectivity index (χ4v) is 6.87. The minimum Gasteiger partial charge on any atom is -0.440 e. The molecular weight excluding hydrogens is 360 g/mol. The Balaban J connectivity index is 1.16. The van der Waals surface area contributed by atoms with E-state index >= 15 is 0 Å². The first-order valence-corrected chi connectivity index (χ1v) is 11.3. The van der Waals surface area contributed by atoms with Crippen LogP contribution in [-0.4, -0.2) is 32.5 Å². The van der Waals surface area contributed by atoms with Gasteiger partial charge in [-0.1, -0.05) is 12.1 Å². The zero-order valence-electron chi connectivity index (χ0n) is 17.1. The van der Waals surface area contributed by atoms with Gasteiger partial charge >= 0.3 is 0 Å². The third-order valence-electron chi connectivity index (χ3n) is 7.79. The van der Waals surface area contributed by atoms with Gasteiger partial charge in [-0.15, -0.1) is 0 Å². The zero-order chi connectivity index (χ0) is 19.3. The highest BCUT2D eigenvalue weighted by Gasteiger charge is 2.51. The number of morpholine rings is 1. The van der Waals surface area contributed by atoms with Crippen molar-refractivity contribution in [1.29, 1.82) is 0 Å². The molecule has 1 aliphatic heterocycles. The molecule has 152 valence electrons. The van der Waals surface area contributed by atoms with Crippen LogP contribution < -0.4 is 4.90 Å². The summed E-state index contributed by atoms with van der Waals surface area (Å²) in [7, 11) is 0. The second kappa shape index (κ2) is 7.02. The predicted octanol–water partition coefficient (Wildman–Crippen LogP) is 5.33.